The standard InChI is InChI=1S/C18H21N3O2S/c1-3-15(19-2)13-16-12-14-8-7-11-20-18(14)21(16)24(22,23)17-9-5-4-6-10-17/h4-12,15,19H,3,13H2,1-2H3. The van der Waals surface area contributed by atoms with Crippen molar-refractivity contribution < 1.29 is 8.42 Å². The molecular weight excluding hydrogens is 322 g/mol. The molecule has 0 saturated heterocycles. The van der Waals surface area contributed by atoms with Crippen LogP contribution in [0.15, 0.2) is 59.6 Å². The van der Waals surface area contributed by atoms with E-state index in [9.17, 15) is 8.42 Å². The predicted molar refractivity (Wildman–Crippen MR) is 95.6 cm³/mol. The van der Waals surface area contributed by atoms with Gasteiger partial charge in [-0.05, 0) is 43.8 Å². The molecule has 0 spiro atoms. The number of pyridine rings is 1. The lowest BCUT2D eigenvalue weighted by Gasteiger charge is -2.16. The third-order valence-electron chi connectivity index (χ3n) is 4.23. The van der Waals surface area contributed by atoms with Gasteiger partial charge in [-0.25, -0.2) is 17.4 Å². The molecule has 0 radical (unpaired) electrons. The summed E-state index contributed by atoms with van der Waals surface area (Å²) in [6.45, 7) is 2.08. The fourth-order valence-corrected chi connectivity index (χ4v) is 4.40. The summed E-state index contributed by atoms with van der Waals surface area (Å²) in [4.78, 5) is 4.59. The largest absolute Gasteiger partial charge is 0.317 e. The minimum absolute atomic E-state index is 0.207. The zero-order valence-electron chi connectivity index (χ0n) is 13.8. The summed E-state index contributed by atoms with van der Waals surface area (Å²) in [5.41, 5.74) is 1.22. The van der Waals surface area contributed by atoms with E-state index in [4.69, 9.17) is 0 Å². The molecule has 0 amide bonds. The Bertz CT molecular complexity index is 929. The van der Waals surface area contributed by atoms with Gasteiger partial charge in [-0.2, -0.15) is 0 Å². The molecule has 0 bridgehead atoms. The molecule has 0 aliphatic heterocycles. The third-order valence-corrected chi connectivity index (χ3v) is 5.99. The van der Waals surface area contributed by atoms with Crippen LogP contribution in [0.5, 0.6) is 0 Å². The van der Waals surface area contributed by atoms with Crippen LogP contribution in [0, 0.1) is 0 Å². The third kappa shape index (κ3) is 2.95. The average Bonchev–Trinajstić information content (AvgIpc) is 2.99. The lowest BCUT2D eigenvalue weighted by Crippen LogP contribution is -2.28. The number of rotatable bonds is 6. The van der Waals surface area contributed by atoms with E-state index in [1.807, 2.05) is 25.2 Å². The highest BCUT2D eigenvalue weighted by atomic mass is 32.2. The summed E-state index contributed by atoms with van der Waals surface area (Å²) in [5, 5.41) is 4.07. The molecule has 0 saturated carbocycles. The molecule has 0 fully saturated rings. The van der Waals surface area contributed by atoms with Gasteiger partial charge in [0.25, 0.3) is 10.0 Å². The number of likely N-dealkylation sites (N-methyl/N-ethyl adjacent to an activating group) is 1. The van der Waals surface area contributed by atoms with E-state index in [0.29, 0.717) is 12.1 Å². The second-order valence-electron chi connectivity index (χ2n) is 5.73. The normalized spacial score (nSPS) is 13.2. The van der Waals surface area contributed by atoms with Crippen LogP contribution in [0.3, 0.4) is 0 Å². The second kappa shape index (κ2) is 6.75. The molecule has 1 unspecified atom stereocenters. The molecule has 2 heterocycles. The van der Waals surface area contributed by atoms with E-state index in [1.54, 1.807) is 36.5 Å². The first-order valence-corrected chi connectivity index (χ1v) is 9.45. The maximum absolute atomic E-state index is 13.2. The molecule has 6 heteroatoms. The number of fused-ring (bicyclic) bond motifs is 1. The zero-order chi connectivity index (χ0) is 17.2. The Balaban J connectivity index is 2.22. The van der Waals surface area contributed by atoms with Crippen LogP contribution >= 0.6 is 0 Å². The summed E-state index contributed by atoms with van der Waals surface area (Å²) in [6, 6.07) is 14.3. The molecule has 3 aromatic rings. The van der Waals surface area contributed by atoms with Crippen LogP contribution in [0.4, 0.5) is 0 Å². The van der Waals surface area contributed by atoms with Crippen molar-refractivity contribution in [3.8, 4) is 0 Å². The Morgan fingerprint density at radius 1 is 1.17 bits per heavy atom. The van der Waals surface area contributed by atoms with Crippen molar-refractivity contribution in [2.75, 3.05) is 7.05 Å². The molecule has 0 aliphatic rings. The van der Waals surface area contributed by atoms with Gasteiger partial charge in [-0.3, -0.25) is 0 Å². The van der Waals surface area contributed by atoms with Gasteiger partial charge in [0.1, 0.15) is 0 Å². The Hall–Kier alpha value is -2.18. The van der Waals surface area contributed by atoms with Crippen LogP contribution < -0.4 is 5.32 Å². The van der Waals surface area contributed by atoms with Crippen molar-refractivity contribution in [3.63, 3.8) is 0 Å². The lowest BCUT2D eigenvalue weighted by molar-refractivity contribution is 0.533. The first kappa shape index (κ1) is 16.7. The molecule has 24 heavy (non-hydrogen) atoms. The summed E-state index contributed by atoms with van der Waals surface area (Å²) in [5.74, 6) is 0. The summed E-state index contributed by atoms with van der Waals surface area (Å²) in [7, 11) is -1.79. The first-order chi connectivity index (χ1) is 11.6. The fourth-order valence-electron chi connectivity index (χ4n) is 2.88. The maximum Gasteiger partial charge on any atom is 0.269 e. The molecule has 1 aromatic carbocycles. The SMILES string of the molecule is CCC(Cc1cc2cccnc2n1S(=O)(=O)c1ccccc1)NC. The van der Waals surface area contributed by atoms with E-state index in [-0.39, 0.29) is 10.9 Å². The number of aromatic nitrogens is 2. The van der Waals surface area contributed by atoms with E-state index < -0.39 is 10.0 Å². The number of nitrogens with one attached hydrogen (secondary N) is 1. The number of hydrogen-bond donors (Lipinski definition) is 1. The maximum atomic E-state index is 13.2. The van der Waals surface area contributed by atoms with Crippen molar-refractivity contribution in [2.45, 2.75) is 30.7 Å². The van der Waals surface area contributed by atoms with Crippen LogP contribution in [-0.2, 0) is 16.4 Å². The van der Waals surface area contributed by atoms with Crippen LogP contribution in [-0.4, -0.2) is 30.5 Å². The molecule has 0 aliphatic carbocycles. The molecule has 2 aromatic heterocycles. The Kier molecular flexibility index (Phi) is 4.69. The van der Waals surface area contributed by atoms with Gasteiger partial charge >= 0.3 is 0 Å². The monoisotopic (exact) mass is 343 g/mol. The molecule has 1 N–H and O–H groups in total. The Morgan fingerprint density at radius 2 is 1.92 bits per heavy atom. The fraction of sp³-hybridized carbons (Fsp3) is 0.278. The van der Waals surface area contributed by atoms with Crippen LogP contribution in [0.2, 0.25) is 0 Å². The van der Waals surface area contributed by atoms with Crippen molar-refractivity contribution in [2.24, 2.45) is 0 Å². The highest BCUT2D eigenvalue weighted by Crippen LogP contribution is 2.25. The Morgan fingerprint density at radius 3 is 2.58 bits per heavy atom. The van der Waals surface area contributed by atoms with Crippen molar-refractivity contribution >= 4 is 21.1 Å². The van der Waals surface area contributed by atoms with Crippen molar-refractivity contribution in [3.05, 3.63) is 60.4 Å². The average molecular weight is 343 g/mol. The van der Waals surface area contributed by atoms with Crippen LogP contribution in [0.25, 0.3) is 11.0 Å². The first-order valence-electron chi connectivity index (χ1n) is 8.01. The van der Waals surface area contributed by atoms with Gasteiger partial charge in [0.15, 0.2) is 5.65 Å². The molecule has 3 rings (SSSR count). The second-order valence-corrected chi connectivity index (χ2v) is 7.52. The van der Waals surface area contributed by atoms with E-state index in [0.717, 1.165) is 17.5 Å². The lowest BCUT2D eigenvalue weighted by atomic mass is 10.1. The summed E-state index contributed by atoms with van der Waals surface area (Å²) < 4.78 is 27.8. The van der Waals surface area contributed by atoms with Gasteiger partial charge < -0.3 is 5.32 Å². The van der Waals surface area contributed by atoms with E-state index in [2.05, 4.69) is 17.2 Å². The molecule has 1 atom stereocenters. The molecule has 126 valence electrons. The van der Waals surface area contributed by atoms with Gasteiger partial charge in [0.05, 0.1) is 4.90 Å². The minimum atomic E-state index is -3.69. The van der Waals surface area contributed by atoms with Crippen molar-refractivity contribution in [1.82, 2.24) is 14.3 Å². The van der Waals surface area contributed by atoms with Gasteiger partial charge in [0, 0.05) is 29.7 Å². The molecular formula is C18H21N3O2S. The van der Waals surface area contributed by atoms with E-state index >= 15 is 0 Å². The van der Waals surface area contributed by atoms with Crippen molar-refractivity contribution in [1.29, 1.82) is 0 Å². The Labute approximate surface area is 142 Å². The number of benzene rings is 1. The quantitative estimate of drug-likeness (QED) is 0.747. The zero-order valence-corrected chi connectivity index (χ0v) is 14.6. The summed E-state index contributed by atoms with van der Waals surface area (Å²) >= 11 is 0. The number of hydrogen-bond acceptors (Lipinski definition) is 4. The smallest absolute Gasteiger partial charge is 0.269 e. The summed E-state index contributed by atoms with van der Waals surface area (Å²) in [6.07, 6.45) is 3.16. The van der Waals surface area contributed by atoms with Crippen LogP contribution in [0.1, 0.15) is 19.0 Å². The van der Waals surface area contributed by atoms with Gasteiger partial charge in [0.2, 0.25) is 0 Å². The highest BCUT2D eigenvalue weighted by molar-refractivity contribution is 7.90. The predicted octanol–water partition coefficient (Wildman–Crippen LogP) is 2.81. The molecule has 5 nitrogen and oxygen atoms in total. The minimum Gasteiger partial charge on any atom is -0.317 e. The highest BCUT2D eigenvalue weighted by Gasteiger charge is 2.24. The van der Waals surface area contributed by atoms with Gasteiger partial charge in [-0.15, -0.1) is 0 Å². The van der Waals surface area contributed by atoms with Gasteiger partial charge in [-0.1, -0.05) is 25.1 Å². The topological polar surface area (TPSA) is 64.0 Å². The number of nitrogens with zero attached hydrogens (tertiary/aromatic N) is 2. The van der Waals surface area contributed by atoms with E-state index in [1.165, 1.54) is 3.97 Å².